The van der Waals surface area contributed by atoms with Crippen molar-refractivity contribution in [2.45, 2.75) is 50.6 Å². The predicted molar refractivity (Wildman–Crippen MR) is 106 cm³/mol. The molecule has 1 aromatic rings. The summed E-state index contributed by atoms with van der Waals surface area (Å²) in [5, 5.41) is 5.30. The van der Waals surface area contributed by atoms with Crippen LogP contribution in [0.15, 0.2) is 24.3 Å². The van der Waals surface area contributed by atoms with Crippen molar-refractivity contribution < 1.29 is 23.9 Å². The lowest BCUT2D eigenvalue weighted by Gasteiger charge is -2.29. The van der Waals surface area contributed by atoms with Gasteiger partial charge in [-0.05, 0) is 44.5 Å². The van der Waals surface area contributed by atoms with Crippen molar-refractivity contribution >= 4 is 46.8 Å². The number of esters is 1. The van der Waals surface area contributed by atoms with Gasteiger partial charge < -0.3 is 20.3 Å². The third kappa shape index (κ3) is 4.14. The molecule has 8 nitrogen and oxygen atoms in total. The summed E-state index contributed by atoms with van der Waals surface area (Å²) in [4.78, 5) is 49.3. The molecule has 0 aromatic heterocycles. The number of hydrogen-bond donors (Lipinski definition) is 2. The first-order valence-electron chi connectivity index (χ1n) is 9.05. The van der Waals surface area contributed by atoms with Crippen molar-refractivity contribution in [3.8, 4) is 0 Å². The molecule has 2 aliphatic heterocycles. The van der Waals surface area contributed by atoms with Gasteiger partial charge in [-0.3, -0.25) is 14.4 Å². The largest absolute Gasteiger partial charge is 0.451 e. The second-order valence-corrected chi connectivity index (χ2v) is 8.59. The third-order valence-electron chi connectivity index (χ3n) is 4.85. The van der Waals surface area contributed by atoms with Gasteiger partial charge in [0.1, 0.15) is 6.04 Å². The van der Waals surface area contributed by atoms with E-state index in [4.69, 9.17) is 4.74 Å². The van der Waals surface area contributed by atoms with Gasteiger partial charge in [-0.1, -0.05) is 0 Å². The predicted octanol–water partition coefficient (Wildman–Crippen LogP) is 1.97. The first-order chi connectivity index (χ1) is 13.2. The van der Waals surface area contributed by atoms with Crippen molar-refractivity contribution in [1.82, 2.24) is 4.90 Å². The highest BCUT2D eigenvalue weighted by Crippen LogP contribution is 2.47. The number of amides is 3. The van der Waals surface area contributed by atoms with Gasteiger partial charge in [-0.2, -0.15) is 0 Å². The summed E-state index contributed by atoms with van der Waals surface area (Å²) in [5.41, 5.74) is 1.13. The molecule has 0 aliphatic carbocycles. The number of carbonyl (C=O) groups excluding carboxylic acids is 4. The Balaban J connectivity index is 1.56. The molecule has 2 aliphatic rings. The number of rotatable bonds is 5. The van der Waals surface area contributed by atoms with Gasteiger partial charge in [0.25, 0.3) is 5.91 Å². The Kier molecular flexibility index (Phi) is 5.64. The van der Waals surface area contributed by atoms with Gasteiger partial charge in [0.05, 0.1) is 4.87 Å². The molecule has 9 heteroatoms. The third-order valence-corrected chi connectivity index (χ3v) is 6.36. The summed E-state index contributed by atoms with van der Waals surface area (Å²) in [7, 11) is 0. The molecule has 3 rings (SSSR count). The van der Waals surface area contributed by atoms with Crippen LogP contribution in [0.1, 0.15) is 33.6 Å². The molecule has 1 aromatic carbocycles. The van der Waals surface area contributed by atoms with E-state index in [9.17, 15) is 19.2 Å². The van der Waals surface area contributed by atoms with Crippen LogP contribution in [-0.2, 0) is 23.9 Å². The lowest BCUT2D eigenvalue weighted by atomic mass is 10.2. The molecule has 2 N–H and O–H groups in total. The van der Waals surface area contributed by atoms with Crippen LogP contribution in [0.4, 0.5) is 11.4 Å². The topological polar surface area (TPSA) is 105 Å². The van der Waals surface area contributed by atoms with Crippen LogP contribution >= 0.6 is 11.8 Å². The van der Waals surface area contributed by atoms with Crippen LogP contribution in [0, 0.1) is 0 Å². The summed E-state index contributed by atoms with van der Waals surface area (Å²) in [6.07, 6.45) is 0.139. The van der Waals surface area contributed by atoms with Crippen molar-refractivity contribution in [2.24, 2.45) is 0 Å². The van der Waals surface area contributed by atoms with Gasteiger partial charge in [-0.25, -0.2) is 4.79 Å². The number of carbonyl (C=O) groups is 4. The maximum Gasteiger partial charge on any atom is 0.330 e. The van der Waals surface area contributed by atoms with Crippen LogP contribution in [0.25, 0.3) is 0 Å². The lowest BCUT2D eigenvalue weighted by molar-refractivity contribution is -0.160. The first kappa shape index (κ1) is 20.2. The van der Waals surface area contributed by atoms with Gasteiger partial charge >= 0.3 is 5.97 Å². The zero-order valence-corrected chi connectivity index (χ0v) is 16.8. The van der Waals surface area contributed by atoms with E-state index in [-0.39, 0.29) is 16.7 Å². The van der Waals surface area contributed by atoms with Crippen LogP contribution in [0.3, 0.4) is 0 Å². The quantitative estimate of drug-likeness (QED) is 0.726. The van der Waals surface area contributed by atoms with Gasteiger partial charge in [0.15, 0.2) is 6.10 Å². The zero-order chi connectivity index (χ0) is 20.5. The molecule has 0 saturated carbocycles. The summed E-state index contributed by atoms with van der Waals surface area (Å²) < 4.78 is 5.33. The van der Waals surface area contributed by atoms with E-state index in [1.165, 1.54) is 13.8 Å². The fourth-order valence-electron chi connectivity index (χ4n) is 3.39. The van der Waals surface area contributed by atoms with Crippen LogP contribution in [0.2, 0.25) is 0 Å². The molecule has 150 valence electrons. The number of fused-ring (bicyclic) bond motifs is 1. The standard InChI is InChI=1S/C19H23N3O5S/c1-11(17(25)21-14-6-4-13(5-7-14)20-12(2)23)27-18(26)15-10-28-19(3)9-8-16(24)22(15)19/h4-7,11,15H,8-10H2,1-3H3,(H,20,23)(H,21,25)/t11-,15-,19+/m1/s1. The number of hydrogen-bond acceptors (Lipinski definition) is 6. The number of nitrogens with zero attached hydrogens (tertiary/aromatic N) is 1. The highest BCUT2D eigenvalue weighted by atomic mass is 32.2. The van der Waals surface area contributed by atoms with Crippen LogP contribution < -0.4 is 10.6 Å². The molecule has 28 heavy (non-hydrogen) atoms. The number of benzene rings is 1. The van der Waals surface area contributed by atoms with Crippen molar-refractivity contribution in [2.75, 3.05) is 16.4 Å². The van der Waals surface area contributed by atoms with E-state index < -0.39 is 24.0 Å². The van der Waals surface area contributed by atoms with Crippen LogP contribution in [0.5, 0.6) is 0 Å². The fourth-order valence-corrected chi connectivity index (χ4v) is 4.80. The van der Waals surface area contributed by atoms with E-state index >= 15 is 0 Å². The highest BCUT2D eigenvalue weighted by Gasteiger charge is 2.53. The molecule has 0 unspecified atom stereocenters. The Bertz CT molecular complexity index is 812. The van der Waals surface area contributed by atoms with E-state index in [0.29, 0.717) is 30.0 Å². The SMILES string of the molecule is CC(=O)Nc1ccc(NC(=O)[C@@H](C)OC(=O)[C@H]2CS[C@@]3(C)CCC(=O)N23)cc1. The van der Waals surface area contributed by atoms with Crippen molar-refractivity contribution in [1.29, 1.82) is 0 Å². The fraction of sp³-hybridized carbons (Fsp3) is 0.474. The average molecular weight is 405 g/mol. The molecule has 3 amide bonds. The highest BCUT2D eigenvalue weighted by molar-refractivity contribution is 8.01. The number of nitrogens with one attached hydrogen (secondary N) is 2. The molecular weight excluding hydrogens is 382 g/mol. The molecular formula is C19H23N3O5S. The van der Waals surface area contributed by atoms with E-state index in [1.807, 2.05) is 6.92 Å². The number of anilines is 2. The maximum atomic E-state index is 12.5. The van der Waals surface area contributed by atoms with Gasteiger partial charge in [-0.15, -0.1) is 11.8 Å². The summed E-state index contributed by atoms with van der Waals surface area (Å²) >= 11 is 1.57. The summed E-state index contributed by atoms with van der Waals surface area (Å²) in [5.74, 6) is -0.794. The molecule has 0 radical (unpaired) electrons. The van der Waals surface area contributed by atoms with Crippen molar-refractivity contribution in [3.05, 3.63) is 24.3 Å². The first-order valence-corrected chi connectivity index (χ1v) is 10.0. The Morgan fingerprint density at radius 1 is 1.21 bits per heavy atom. The van der Waals surface area contributed by atoms with E-state index in [1.54, 1.807) is 40.9 Å². The minimum atomic E-state index is -1.00. The lowest BCUT2D eigenvalue weighted by Crippen LogP contribution is -2.48. The minimum Gasteiger partial charge on any atom is -0.451 e. The Morgan fingerprint density at radius 2 is 1.82 bits per heavy atom. The maximum absolute atomic E-state index is 12.5. The summed E-state index contributed by atoms with van der Waals surface area (Å²) in [6.45, 7) is 4.86. The van der Waals surface area contributed by atoms with E-state index in [2.05, 4.69) is 10.6 Å². The summed E-state index contributed by atoms with van der Waals surface area (Å²) in [6, 6.07) is 5.93. The number of ether oxygens (including phenoxy) is 1. The molecule has 2 heterocycles. The Morgan fingerprint density at radius 3 is 2.43 bits per heavy atom. The number of thioether (sulfide) groups is 1. The normalized spacial score (nSPS) is 24.5. The second-order valence-electron chi connectivity index (χ2n) is 7.09. The molecule has 3 atom stereocenters. The zero-order valence-electron chi connectivity index (χ0n) is 16.0. The average Bonchev–Trinajstić information content (AvgIpc) is 3.12. The van der Waals surface area contributed by atoms with Gasteiger partial charge in [0.2, 0.25) is 11.8 Å². The molecule has 0 bridgehead atoms. The minimum absolute atomic E-state index is 0.0502. The van der Waals surface area contributed by atoms with E-state index in [0.717, 1.165) is 0 Å². The van der Waals surface area contributed by atoms with Crippen molar-refractivity contribution in [3.63, 3.8) is 0 Å². The Hall–Kier alpha value is -2.55. The molecule has 0 spiro atoms. The smallest absolute Gasteiger partial charge is 0.330 e. The van der Waals surface area contributed by atoms with Crippen LogP contribution in [-0.4, -0.2) is 51.4 Å². The molecule has 2 fully saturated rings. The second kappa shape index (κ2) is 7.83. The Labute approximate surface area is 167 Å². The van der Waals surface area contributed by atoms with Gasteiger partial charge in [0, 0.05) is 30.5 Å². The monoisotopic (exact) mass is 405 g/mol. The molecule has 2 saturated heterocycles.